The van der Waals surface area contributed by atoms with Gasteiger partial charge in [0.15, 0.2) is 0 Å². The molecule has 0 saturated carbocycles. The molecule has 39 heavy (non-hydrogen) atoms. The Balaban J connectivity index is 1.61. The van der Waals surface area contributed by atoms with Gasteiger partial charge in [-0.3, -0.25) is 0 Å². The van der Waals surface area contributed by atoms with Crippen molar-refractivity contribution in [1.29, 1.82) is 0 Å². The van der Waals surface area contributed by atoms with Crippen LogP contribution in [-0.2, 0) is 12.8 Å². The first-order valence-corrected chi connectivity index (χ1v) is 17.3. The Kier molecular flexibility index (Phi) is 10.1. The Morgan fingerprint density at radius 3 is 1.59 bits per heavy atom. The first kappa shape index (κ1) is 28.7. The molecular weight excluding hydrogens is 650 g/mol. The van der Waals surface area contributed by atoms with Crippen LogP contribution in [0, 0.1) is 0 Å². The molecule has 5 aromatic rings. The fourth-order valence-electron chi connectivity index (χ4n) is 5.14. The summed E-state index contributed by atoms with van der Waals surface area (Å²) in [5.41, 5.74) is 8.09. The molecular formula is C32H35Br2N3S2. The third kappa shape index (κ3) is 6.75. The maximum absolute atomic E-state index is 5.12. The van der Waals surface area contributed by atoms with Crippen LogP contribution in [-0.4, -0.2) is 15.0 Å². The molecule has 0 saturated heterocycles. The summed E-state index contributed by atoms with van der Waals surface area (Å²) in [5, 5.41) is 10.2. The first-order valence-electron chi connectivity index (χ1n) is 14.1. The Bertz CT molecular complexity index is 1420. The molecule has 0 bridgehead atoms. The van der Waals surface area contributed by atoms with Gasteiger partial charge >= 0.3 is 0 Å². The van der Waals surface area contributed by atoms with Crippen molar-refractivity contribution in [3.63, 3.8) is 0 Å². The molecule has 5 rings (SSSR count). The normalized spacial score (nSPS) is 11.6. The van der Waals surface area contributed by atoms with Crippen LogP contribution in [0.2, 0.25) is 0 Å². The highest BCUT2D eigenvalue weighted by atomic mass is 79.9. The lowest BCUT2D eigenvalue weighted by Crippen LogP contribution is -1.97. The molecule has 0 amide bonds. The van der Waals surface area contributed by atoms with Gasteiger partial charge < -0.3 is 0 Å². The average molecular weight is 686 g/mol. The van der Waals surface area contributed by atoms with Crippen molar-refractivity contribution in [3.05, 3.63) is 73.3 Å². The minimum absolute atomic E-state index is 0.974. The summed E-state index contributed by atoms with van der Waals surface area (Å²) in [4.78, 5) is 4.43. The van der Waals surface area contributed by atoms with E-state index in [9.17, 15) is 0 Å². The minimum Gasteiger partial charge on any atom is -0.150 e. The van der Waals surface area contributed by atoms with E-state index in [1.165, 1.54) is 90.9 Å². The van der Waals surface area contributed by atoms with Crippen molar-refractivity contribution in [1.82, 2.24) is 15.0 Å². The number of unbranched alkanes of at least 4 members (excludes halogenated alkanes) is 6. The smallest absolute Gasteiger partial charge is 0.122 e. The standard InChI is InChI=1S/C32H35Br2N3S2/c1-3-5-7-10-14-22-20-27(33)38-31(22)25-18-19-26(32-23(21-28(34)39-32)15-11-8-6-4-2)30-29(25)35-37(36-30)24-16-12-9-13-17-24/h9,12-13,16-21H,3-8,10-11,14-15H2,1-2H3. The molecule has 2 aromatic carbocycles. The summed E-state index contributed by atoms with van der Waals surface area (Å²) in [5.74, 6) is 0. The van der Waals surface area contributed by atoms with Crippen molar-refractivity contribution in [3.8, 4) is 26.6 Å². The summed E-state index contributed by atoms with van der Waals surface area (Å²) in [6.07, 6.45) is 12.3. The summed E-state index contributed by atoms with van der Waals surface area (Å²) in [6, 6.07) is 19.4. The van der Waals surface area contributed by atoms with Crippen molar-refractivity contribution in [2.75, 3.05) is 0 Å². The number of para-hydroxylation sites is 1. The molecule has 204 valence electrons. The lowest BCUT2D eigenvalue weighted by atomic mass is 9.99. The predicted octanol–water partition coefficient (Wildman–Crippen LogP) is 11.6. The fraction of sp³-hybridized carbons (Fsp3) is 0.375. The monoisotopic (exact) mass is 683 g/mol. The van der Waals surface area contributed by atoms with Crippen molar-refractivity contribution < 1.29 is 0 Å². The van der Waals surface area contributed by atoms with Crippen molar-refractivity contribution >= 4 is 65.6 Å². The summed E-state index contributed by atoms with van der Waals surface area (Å²) in [6.45, 7) is 4.54. The van der Waals surface area contributed by atoms with Crippen LogP contribution in [0.25, 0.3) is 37.6 Å². The van der Waals surface area contributed by atoms with Gasteiger partial charge in [-0.25, -0.2) is 0 Å². The van der Waals surface area contributed by atoms with E-state index in [1.54, 1.807) is 0 Å². The van der Waals surface area contributed by atoms with Gasteiger partial charge in [0.05, 0.1) is 13.3 Å². The molecule has 0 atom stereocenters. The van der Waals surface area contributed by atoms with E-state index in [4.69, 9.17) is 10.2 Å². The van der Waals surface area contributed by atoms with E-state index in [-0.39, 0.29) is 0 Å². The Labute approximate surface area is 256 Å². The highest BCUT2D eigenvalue weighted by Gasteiger charge is 2.21. The van der Waals surface area contributed by atoms with Gasteiger partial charge in [0, 0.05) is 20.9 Å². The average Bonchev–Trinajstić information content (AvgIpc) is 3.65. The van der Waals surface area contributed by atoms with Gasteiger partial charge in [-0.2, -0.15) is 4.80 Å². The van der Waals surface area contributed by atoms with E-state index in [1.807, 2.05) is 45.7 Å². The summed E-state index contributed by atoms with van der Waals surface area (Å²) < 4.78 is 2.35. The van der Waals surface area contributed by atoms with Crippen LogP contribution in [0.5, 0.6) is 0 Å². The highest BCUT2D eigenvalue weighted by Crippen LogP contribution is 2.44. The maximum Gasteiger partial charge on any atom is 0.122 e. The number of nitrogens with zero attached hydrogens (tertiary/aromatic N) is 3. The number of hydrogen-bond acceptors (Lipinski definition) is 4. The van der Waals surface area contributed by atoms with Crippen LogP contribution < -0.4 is 0 Å². The zero-order valence-corrected chi connectivity index (χ0v) is 27.5. The number of rotatable bonds is 13. The fourth-order valence-corrected chi connectivity index (χ4v) is 8.59. The third-order valence-corrected chi connectivity index (χ3v) is 10.6. The molecule has 7 heteroatoms. The number of benzene rings is 2. The molecule has 0 N–H and O–H groups in total. The van der Waals surface area contributed by atoms with Crippen LogP contribution >= 0.6 is 54.5 Å². The topological polar surface area (TPSA) is 30.7 Å². The zero-order chi connectivity index (χ0) is 27.2. The quantitative estimate of drug-likeness (QED) is 0.116. The maximum atomic E-state index is 5.12. The summed E-state index contributed by atoms with van der Waals surface area (Å²) in [7, 11) is 0. The van der Waals surface area contributed by atoms with Crippen LogP contribution in [0.4, 0.5) is 0 Å². The van der Waals surface area contributed by atoms with Gasteiger partial charge in [0.25, 0.3) is 0 Å². The second-order valence-electron chi connectivity index (χ2n) is 10.1. The molecule has 0 radical (unpaired) electrons. The van der Waals surface area contributed by atoms with Gasteiger partial charge in [0.2, 0.25) is 0 Å². The molecule has 0 spiro atoms. The summed E-state index contributed by atoms with van der Waals surface area (Å²) >= 11 is 11.2. The molecule has 0 aliphatic carbocycles. The van der Waals surface area contributed by atoms with E-state index < -0.39 is 0 Å². The van der Waals surface area contributed by atoms with Gasteiger partial charge in [-0.1, -0.05) is 82.7 Å². The number of thiophene rings is 2. The van der Waals surface area contributed by atoms with E-state index in [0.29, 0.717) is 0 Å². The number of aromatic nitrogens is 3. The molecule has 3 nitrogen and oxygen atoms in total. The Hall–Kier alpha value is -1.80. The van der Waals surface area contributed by atoms with E-state index in [2.05, 4.69) is 82.1 Å². The first-order chi connectivity index (χ1) is 19.1. The molecule has 0 aliphatic heterocycles. The van der Waals surface area contributed by atoms with Crippen molar-refractivity contribution in [2.45, 2.75) is 78.1 Å². The Morgan fingerprint density at radius 1 is 0.641 bits per heavy atom. The largest absolute Gasteiger partial charge is 0.150 e. The lowest BCUT2D eigenvalue weighted by Gasteiger charge is -2.08. The van der Waals surface area contributed by atoms with Crippen LogP contribution in [0.1, 0.15) is 76.3 Å². The lowest BCUT2D eigenvalue weighted by molar-refractivity contribution is 0.668. The van der Waals surface area contributed by atoms with E-state index in [0.717, 1.165) is 29.6 Å². The van der Waals surface area contributed by atoms with Crippen LogP contribution in [0.3, 0.4) is 0 Å². The predicted molar refractivity (Wildman–Crippen MR) is 177 cm³/mol. The zero-order valence-electron chi connectivity index (χ0n) is 22.7. The van der Waals surface area contributed by atoms with Gasteiger partial charge in [-0.05, 0) is 92.9 Å². The van der Waals surface area contributed by atoms with Gasteiger partial charge in [-0.15, -0.1) is 32.9 Å². The number of fused-ring (bicyclic) bond motifs is 1. The van der Waals surface area contributed by atoms with Crippen molar-refractivity contribution in [2.24, 2.45) is 0 Å². The van der Waals surface area contributed by atoms with Crippen LogP contribution in [0.15, 0.2) is 62.2 Å². The molecule has 0 aliphatic rings. The second kappa shape index (κ2) is 13.7. The second-order valence-corrected chi connectivity index (χ2v) is 15.0. The minimum atomic E-state index is 0.974. The number of aryl methyl sites for hydroxylation is 2. The number of halogens is 2. The molecule has 0 unspecified atom stereocenters. The van der Waals surface area contributed by atoms with E-state index >= 15 is 0 Å². The molecule has 3 heterocycles. The number of hydrogen-bond donors (Lipinski definition) is 0. The highest BCUT2D eigenvalue weighted by molar-refractivity contribution is 9.11. The molecule has 3 aromatic heterocycles. The molecule has 0 fully saturated rings. The van der Waals surface area contributed by atoms with Gasteiger partial charge in [0.1, 0.15) is 11.0 Å². The Morgan fingerprint density at radius 2 is 1.13 bits per heavy atom. The SMILES string of the molecule is CCCCCCc1cc(Br)sc1-c1ccc(-c2sc(Br)cc2CCCCCC)c2nn(-c3ccccc3)nc12. The third-order valence-electron chi connectivity index (χ3n) is 7.17.